The number of piperidine rings is 2. The molecule has 2 bridgehead atoms. The van der Waals surface area contributed by atoms with Crippen LogP contribution in [-0.2, 0) is 31.0 Å². The third-order valence-electron chi connectivity index (χ3n) is 8.44. The summed E-state index contributed by atoms with van der Waals surface area (Å²) >= 11 is 6.26. The molecule has 218 valence electrons. The van der Waals surface area contributed by atoms with E-state index in [2.05, 4.69) is 10.0 Å². The lowest BCUT2D eigenvalue weighted by Crippen LogP contribution is -2.56. The normalized spacial score (nSPS) is 24.1. The number of fused-ring (bicyclic) bond motifs is 4. The van der Waals surface area contributed by atoms with Crippen molar-refractivity contribution in [1.29, 1.82) is 0 Å². The van der Waals surface area contributed by atoms with Crippen LogP contribution in [-0.4, -0.2) is 72.7 Å². The molecule has 3 atom stereocenters. The van der Waals surface area contributed by atoms with Gasteiger partial charge in [-0.1, -0.05) is 17.7 Å². The van der Waals surface area contributed by atoms with Gasteiger partial charge in [-0.15, -0.1) is 0 Å². The lowest BCUT2D eigenvalue weighted by atomic mass is 9.83. The predicted octanol–water partition coefficient (Wildman–Crippen LogP) is 1.77. The Hall–Kier alpha value is -3.22. The molecule has 3 aliphatic heterocycles. The zero-order valence-electron chi connectivity index (χ0n) is 22.4. The van der Waals surface area contributed by atoms with Crippen molar-refractivity contribution < 1.29 is 22.8 Å². The molecule has 4 heterocycles. The van der Waals surface area contributed by atoms with Crippen LogP contribution < -0.4 is 15.6 Å². The van der Waals surface area contributed by atoms with E-state index in [0.717, 1.165) is 25.0 Å². The van der Waals surface area contributed by atoms with Crippen LogP contribution >= 0.6 is 11.6 Å². The van der Waals surface area contributed by atoms with E-state index in [1.807, 2.05) is 6.07 Å². The number of anilines is 1. The van der Waals surface area contributed by atoms with Gasteiger partial charge >= 0.3 is 0 Å². The molecule has 0 radical (unpaired) electrons. The lowest BCUT2D eigenvalue weighted by molar-refractivity contribution is -0.144. The SMILES string of the molecule is O=C(Nc1ccc(S(=O)(=O)N[C@H]2CCCN(CC(=O)N3CC4C[C@H](C3)Cn3c4cccc3=O)C2=O)cc1Cl)C1CC1. The monoisotopic (exact) mass is 601 g/mol. The van der Waals surface area contributed by atoms with Gasteiger partial charge in [0.05, 0.1) is 22.2 Å². The number of rotatable bonds is 7. The Balaban J connectivity index is 1.09. The Labute approximate surface area is 242 Å². The minimum atomic E-state index is -4.10. The van der Waals surface area contributed by atoms with Gasteiger partial charge in [0.2, 0.25) is 27.7 Å². The summed E-state index contributed by atoms with van der Waals surface area (Å²) in [6.45, 7) is 1.81. The van der Waals surface area contributed by atoms with E-state index in [1.165, 1.54) is 23.1 Å². The van der Waals surface area contributed by atoms with Crippen LogP contribution in [0.25, 0.3) is 0 Å². The van der Waals surface area contributed by atoms with Crippen molar-refractivity contribution in [1.82, 2.24) is 19.1 Å². The zero-order chi connectivity index (χ0) is 28.9. The highest BCUT2D eigenvalue weighted by Crippen LogP contribution is 2.35. The number of likely N-dealkylation sites (tertiary alicyclic amines) is 2. The molecule has 1 aromatic heterocycles. The summed E-state index contributed by atoms with van der Waals surface area (Å²) in [6, 6.07) is 8.26. The van der Waals surface area contributed by atoms with Crippen LogP contribution in [0.2, 0.25) is 5.02 Å². The van der Waals surface area contributed by atoms with Crippen molar-refractivity contribution in [2.24, 2.45) is 11.8 Å². The summed E-state index contributed by atoms with van der Waals surface area (Å²) in [5, 5.41) is 2.80. The van der Waals surface area contributed by atoms with Crippen LogP contribution in [0, 0.1) is 11.8 Å². The summed E-state index contributed by atoms with van der Waals surface area (Å²) in [5.41, 5.74) is 1.24. The fraction of sp³-hybridized carbons (Fsp3) is 0.500. The maximum Gasteiger partial charge on any atom is 0.250 e. The first-order valence-corrected chi connectivity index (χ1v) is 15.8. The fourth-order valence-electron chi connectivity index (χ4n) is 6.17. The lowest BCUT2D eigenvalue weighted by Gasteiger charge is -2.43. The molecule has 13 heteroatoms. The Morgan fingerprint density at radius 2 is 1.83 bits per heavy atom. The zero-order valence-corrected chi connectivity index (χ0v) is 24.0. The van der Waals surface area contributed by atoms with E-state index < -0.39 is 22.0 Å². The minimum absolute atomic E-state index is 0.0251. The maximum absolute atomic E-state index is 13.3. The van der Waals surface area contributed by atoms with Crippen molar-refractivity contribution in [3.05, 3.63) is 57.5 Å². The number of carbonyl (C=O) groups excluding carboxylic acids is 3. The summed E-state index contributed by atoms with van der Waals surface area (Å²) in [6.07, 6.45) is 3.42. The average Bonchev–Trinajstić information content (AvgIpc) is 3.78. The van der Waals surface area contributed by atoms with Gasteiger partial charge < -0.3 is 19.7 Å². The van der Waals surface area contributed by atoms with Gasteiger partial charge in [-0.05, 0) is 62.3 Å². The molecule has 2 aromatic rings. The largest absolute Gasteiger partial charge is 0.340 e. The second-order valence-corrected chi connectivity index (χ2v) is 13.6. The molecule has 3 amide bonds. The number of carbonyl (C=O) groups is 3. The van der Waals surface area contributed by atoms with Crippen molar-refractivity contribution in [3.63, 3.8) is 0 Å². The Kier molecular flexibility index (Phi) is 7.41. The number of hydrogen-bond acceptors (Lipinski definition) is 6. The number of nitrogens with one attached hydrogen (secondary N) is 2. The molecule has 11 nitrogen and oxygen atoms in total. The van der Waals surface area contributed by atoms with E-state index in [1.54, 1.807) is 21.6 Å². The molecule has 4 aliphatic rings. The van der Waals surface area contributed by atoms with Crippen molar-refractivity contribution >= 4 is 45.0 Å². The fourth-order valence-corrected chi connectivity index (χ4v) is 7.71. The van der Waals surface area contributed by atoms with Crippen LogP contribution in [0.3, 0.4) is 0 Å². The average molecular weight is 602 g/mol. The third-order valence-corrected chi connectivity index (χ3v) is 10.2. The first kappa shape index (κ1) is 27.9. The van der Waals surface area contributed by atoms with Gasteiger partial charge in [-0.25, -0.2) is 8.42 Å². The summed E-state index contributed by atoms with van der Waals surface area (Å²) in [4.78, 5) is 54.0. The minimum Gasteiger partial charge on any atom is -0.340 e. The standard InChI is InChI=1S/C28H32ClN5O6S/c29-21-12-20(8-9-22(21)30-27(37)18-6-7-18)41(39,40)31-23-3-2-10-32(28(23)38)16-26(36)33-13-17-11-19(15-33)24-4-1-5-25(35)34(24)14-17/h1,4-5,8-9,12,17-19,23,31H,2-3,6-7,10-11,13-16H2,(H,30,37)/t17-,19?,23+/m1/s1. The molecule has 2 N–H and O–H groups in total. The summed E-state index contributed by atoms with van der Waals surface area (Å²) < 4.78 is 30.6. The number of nitrogens with zero attached hydrogens (tertiary/aromatic N) is 3. The second kappa shape index (κ2) is 10.9. The number of pyridine rings is 1. The van der Waals surface area contributed by atoms with Gasteiger partial charge in [0.15, 0.2) is 0 Å². The molecule has 2 saturated heterocycles. The molecule has 1 aromatic carbocycles. The maximum atomic E-state index is 13.3. The van der Waals surface area contributed by atoms with Crippen molar-refractivity contribution in [2.45, 2.75) is 55.5 Å². The quantitative estimate of drug-likeness (QED) is 0.496. The number of hydrogen-bond donors (Lipinski definition) is 2. The number of benzene rings is 1. The Bertz CT molecular complexity index is 1570. The van der Waals surface area contributed by atoms with Crippen molar-refractivity contribution in [2.75, 3.05) is 31.5 Å². The van der Waals surface area contributed by atoms with Crippen LogP contribution in [0.15, 0.2) is 46.1 Å². The van der Waals surface area contributed by atoms with Crippen LogP contribution in [0.4, 0.5) is 5.69 Å². The highest BCUT2D eigenvalue weighted by atomic mass is 35.5. The number of sulfonamides is 1. The van der Waals surface area contributed by atoms with E-state index >= 15 is 0 Å². The van der Waals surface area contributed by atoms with Gasteiger partial charge in [-0.3, -0.25) is 19.2 Å². The smallest absolute Gasteiger partial charge is 0.250 e. The molecule has 1 unspecified atom stereocenters. The van der Waals surface area contributed by atoms with E-state index in [0.29, 0.717) is 44.7 Å². The first-order valence-electron chi connectivity index (χ1n) is 14.0. The predicted molar refractivity (Wildman–Crippen MR) is 151 cm³/mol. The molecule has 1 aliphatic carbocycles. The Morgan fingerprint density at radius 1 is 1.02 bits per heavy atom. The molecular formula is C28H32ClN5O6S. The van der Waals surface area contributed by atoms with Crippen molar-refractivity contribution in [3.8, 4) is 0 Å². The Morgan fingerprint density at radius 3 is 2.59 bits per heavy atom. The number of aromatic nitrogens is 1. The molecular weight excluding hydrogens is 570 g/mol. The molecule has 1 saturated carbocycles. The highest BCUT2D eigenvalue weighted by Gasteiger charge is 2.38. The second-order valence-electron chi connectivity index (χ2n) is 11.5. The highest BCUT2D eigenvalue weighted by molar-refractivity contribution is 7.89. The van der Waals surface area contributed by atoms with Gasteiger partial charge in [-0.2, -0.15) is 4.72 Å². The molecule has 3 fully saturated rings. The first-order chi connectivity index (χ1) is 19.6. The van der Waals surface area contributed by atoms with Gasteiger partial charge in [0, 0.05) is 49.8 Å². The van der Waals surface area contributed by atoms with Crippen LogP contribution in [0.1, 0.15) is 43.7 Å². The topological polar surface area (TPSA) is 138 Å². The van der Waals surface area contributed by atoms with Gasteiger partial charge in [0.25, 0.3) is 5.56 Å². The van der Waals surface area contributed by atoms with E-state index in [9.17, 15) is 27.6 Å². The third kappa shape index (κ3) is 5.77. The summed E-state index contributed by atoms with van der Waals surface area (Å²) in [5.74, 6) is -0.559. The van der Waals surface area contributed by atoms with E-state index in [4.69, 9.17) is 11.6 Å². The van der Waals surface area contributed by atoms with Crippen LogP contribution in [0.5, 0.6) is 0 Å². The van der Waals surface area contributed by atoms with Gasteiger partial charge in [0.1, 0.15) is 6.04 Å². The molecule has 41 heavy (non-hydrogen) atoms. The molecule has 0 spiro atoms. The number of amides is 3. The molecule has 6 rings (SSSR count). The summed E-state index contributed by atoms with van der Waals surface area (Å²) in [7, 11) is -4.10. The number of halogens is 1. The van der Waals surface area contributed by atoms with E-state index in [-0.39, 0.29) is 51.6 Å².